The molecule has 0 saturated carbocycles. The quantitative estimate of drug-likeness (QED) is 0.601. The number of ether oxygens (including phenoxy) is 1. The molecular weight excluding hydrogens is 320 g/mol. The first-order valence-corrected chi connectivity index (χ1v) is 7.93. The van der Waals surface area contributed by atoms with Crippen molar-refractivity contribution in [2.75, 3.05) is 23.8 Å². The lowest BCUT2D eigenvalue weighted by Crippen LogP contribution is -2.17. The number of amides is 1. The van der Waals surface area contributed by atoms with Crippen molar-refractivity contribution in [3.05, 3.63) is 65.2 Å². The Labute approximate surface area is 144 Å². The van der Waals surface area contributed by atoms with Crippen molar-refractivity contribution in [1.29, 1.82) is 0 Å². The van der Waals surface area contributed by atoms with E-state index in [0.717, 1.165) is 16.5 Å². The van der Waals surface area contributed by atoms with E-state index in [1.165, 1.54) is 6.20 Å². The Morgan fingerprint density at radius 2 is 1.96 bits per heavy atom. The van der Waals surface area contributed by atoms with Crippen LogP contribution < -0.4 is 16.3 Å². The molecule has 0 aliphatic carbocycles. The van der Waals surface area contributed by atoms with Gasteiger partial charge in [-0.1, -0.05) is 36.4 Å². The maximum Gasteiger partial charge on any atom is 0.411 e. The molecular formula is C18H18N4O3. The third-order valence-corrected chi connectivity index (χ3v) is 3.57. The minimum absolute atomic E-state index is 0.263. The maximum absolute atomic E-state index is 11.9. The molecule has 0 fully saturated rings. The predicted molar refractivity (Wildman–Crippen MR) is 96.9 cm³/mol. The highest BCUT2D eigenvalue weighted by Gasteiger charge is 2.06. The van der Waals surface area contributed by atoms with Crippen LogP contribution in [0.25, 0.3) is 10.8 Å². The molecule has 0 spiro atoms. The zero-order chi connectivity index (χ0) is 17.5. The molecule has 3 aromatic rings. The molecule has 0 saturated heterocycles. The minimum Gasteiger partial charge on any atom is -0.449 e. The van der Waals surface area contributed by atoms with E-state index in [1.54, 1.807) is 6.07 Å². The standard InChI is InChI=1S/C18H18N4O3/c23-17-20-11-9-16(22-17)19-10-4-12-25-18(24)21-15-8-3-6-13-5-1-2-7-14(13)15/h1-3,5-9,11H,4,10,12H2,(H,21,24)(H2,19,20,22,23). The highest BCUT2D eigenvalue weighted by Crippen LogP contribution is 2.22. The van der Waals surface area contributed by atoms with Gasteiger partial charge in [-0.2, -0.15) is 0 Å². The van der Waals surface area contributed by atoms with Crippen molar-refractivity contribution in [1.82, 2.24) is 9.97 Å². The van der Waals surface area contributed by atoms with E-state index in [2.05, 4.69) is 20.6 Å². The number of fused-ring (bicyclic) bond motifs is 1. The van der Waals surface area contributed by atoms with Crippen LogP contribution in [0.5, 0.6) is 0 Å². The Morgan fingerprint density at radius 1 is 1.12 bits per heavy atom. The summed E-state index contributed by atoms with van der Waals surface area (Å²) >= 11 is 0. The van der Waals surface area contributed by atoms with Crippen LogP contribution in [-0.2, 0) is 4.74 Å². The van der Waals surface area contributed by atoms with Crippen LogP contribution in [0, 0.1) is 0 Å². The normalized spacial score (nSPS) is 10.4. The second kappa shape index (κ2) is 7.96. The second-order valence-corrected chi connectivity index (χ2v) is 5.36. The fourth-order valence-electron chi connectivity index (χ4n) is 2.41. The first-order valence-electron chi connectivity index (χ1n) is 7.93. The Hall–Kier alpha value is -3.35. The van der Waals surface area contributed by atoms with Crippen LogP contribution in [0.2, 0.25) is 0 Å². The molecule has 0 bridgehead atoms. The van der Waals surface area contributed by atoms with Crippen LogP contribution in [-0.4, -0.2) is 29.2 Å². The molecule has 7 heteroatoms. The fourth-order valence-corrected chi connectivity index (χ4v) is 2.41. The van der Waals surface area contributed by atoms with Gasteiger partial charge in [-0.15, -0.1) is 0 Å². The van der Waals surface area contributed by atoms with Crippen LogP contribution in [0.1, 0.15) is 6.42 Å². The molecule has 3 N–H and O–H groups in total. The van der Waals surface area contributed by atoms with Gasteiger partial charge in [0.1, 0.15) is 5.82 Å². The number of anilines is 2. The van der Waals surface area contributed by atoms with E-state index in [-0.39, 0.29) is 6.61 Å². The average Bonchev–Trinajstić information content (AvgIpc) is 2.62. The van der Waals surface area contributed by atoms with Crippen molar-refractivity contribution in [3.8, 4) is 0 Å². The molecule has 2 aromatic carbocycles. The zero-order valence-corrected chi connectivity index (χ0v) is 13.5. The molecule has 128 valence electrons. The summed E-state index contributed by atoms with van der Waals surface area (Å²) in [5, 5.41) is 7.80. The van der Waals surface area contributed by atoms with Gasteiger partial charge in [0.2, 0.25) is 0 Å². The van der Waals surface area contributed by atoms with Gasteiger partial charge in [-0.25, -0.2) is 14.6 Å². The van der Waals surface area contributed by atoms with Gasteiger partial charge in [-0.05, 0) is 23.9 Å². The van der Waals surface area contributed by atoms with Crippen molar-refractivity contribution >= 4 is 28.4 Å². The van der Waals surface area contributed by atoms with E-state index >= 15 is 0 Å². The molecule has 0 atom stereocenters. The summed E-state index contributed by atoms with van der Waals surface area (Å²) in [4.78, 5) is 29.1. The summed E-state index contributed by atoms with van der Waals surface area (Å²) in [6.07, 6.45) is 1.54. The Balaban J connectivity index is 1.44. The number of benzene rings is 2. The van der Waals surface area contributed by atoms with Crippen molar-refractivity contribution in [3.63, 3.8) is 0 Å². The predicted octanol–water partition coefficient (Wildman–Crippen LogP) is 2.97. The van der Waals surface area contributed by atoms with Gasteiger partial charge < -0.3 is 10.1 Å². The molecule has 3 rings (SSSR count). The summed E-state index contributed by atoms with van der Waals surface area (Å²) < 4.78 is 5.18. The van der Waals surface area contributed by atoms with Crippen LogP contribution in [0.3, 0.4) is 0 Å². The summed E-state index contributed by atoms with van der Waals surface area (Å²) in [5.41, 5.74) is 0.311. The Kier molecular flexibility index (Phi) is 5.26. The number of aromatic nitrogens is 2. The number of hydrogen-bond donors (Lipinski definition) is 3. The monoisotopic (exact) mass is 338 g/mol. The van der Waals surface area contributed by atoms with Gasteiger partial charge in [0.15, 0.2) is 0 Å². The lowest BCUT2D eigenvalue weighted by Gasteiger charge is -2.10. The molecule has 0 aliphatic rings. The van der Waals surface area contributed by atoms with Gasteiger partial charge in [-0.3, -0.25) is 10.3 Å². The Morgan fingerprint density at radius 3 is 2.84 bits per heavy atom. The van der Waals surface area contributed by atoms with E-state index in [4.69, 9.17) is 4.74 Å². The van der Waals surface area contributed by atoms with Gasteiger partial charge in [0, 0.05) is 18.1 Å². The van der Waals surface area contributed by atoms with E-state index in [1.807, 2.05) is 42.5 Å². The highest BCUT2D eigenvalue weighted by molar-refractivity contribution is 6.00. The minimum atomic E-state index is -0.492. The Bertz CT molecular complexity index is 918. The van der Waals surface area contributed by atoms with Gasteiger partial charge >= 0.3 is 11.8 Å². The number of aromatic amines is 1. The number of nitrogens with zero attached hydrogens (tertiary/aromatic N) is 1. The SMILES string of the molecule is O=C(Nc1cccc2ccccc12)OCCCNc1ccnc(=O)[nH]1. The largest absolute Gasteiger partial charge is 0.449 e. The highest BCUT2D eigenvalue weighted by atomic mass is 16.5. The molecule has 0 aliphatic heterocycles. The summed E-state index contributed by atoms with van der Waals surface area (Å²) in [6.45, 7) is 0.820. The van der Waals surface area contributed by atoms with E-state index in [0.29, 0.717) is 18.8 Å². The molecule has 1 aromatic heterocycles. The molecule has 25 heavy (non-hydrogen) atoms. The second-order valence-electron chi connectivity index (χ2n) is 5.36. The zero-order valence-electron chi connectivity index (χ0n) is 13.5. The third-order valence-electron chi connectivity index (χ3n) is 3.57. The summed E-state index contributed by atoms with van der Waals surface area (Å²) in [5.74, 6) is 0.584. The number of hydrogen-bond acceptors (Lipinski definition) is 5. The molecule has 0 radical (unpaired) electrons. The fraction of sp³-hybridized carbons (Fsp3) is 0.167. The molecule has 0 unspecified atom stereocenters. The smallest absolute Gasteiger partial charge is 0.411 e. The summed E-state index contributed by atoms with van der Waals surface area (Å²) in [7, 11) is 0. The lowest BCUT2D eigenvalue weighted by atomic mass is 10.1. The van der Waals surface area contributed by atoms with Gasteiger partial charge in [0.05, 0.1) is 12.3 Å². The van der Waals surface area contributed by atoms with E-state index in [9.17, 15) is 9.59 Å². The number of rotatable bonds is 6. The first kappa shape index (κ1) is 16.5. The number of carbonyl (C=O) groups excluding carboxylic acids is 1. The van der Waals surface area contributed by atoms with Crippen molar-refractivity contribution in [2.24, 2.45) is 0 Å². The number of nitrogens with one attached hydrogen (secondary N) is 3. The number of carbonyl (C=O) groups is 1. The van der Waals surface area contributed by atoms with Gasteiger partial charge in [0.25, 0.3) is 0 Å². The topological polar surface area (TPSA) is 96.1 Å². The lowest BCUT2D eigenvalue weighted by molar-refractivity contribution is 0.161. The molecule has 1 amide bonds. The van der Waals surface area contributed by atoms with Crippen molar-refractivity contribution in [2.45, 2.75) is 6.42 Å². The van der Waals surface area contributed by atoms with Crippen LogP contribution >= 0.6 is 0 Å². The van der Waals surface area contributed by atoms with Crippen LogP contribution in [0.15, 0.2) is 59.5 Å². The summed E-state index contributed by atoms with van der Waals surface area (Å²) in [6, 6.07) is 15.2. The maximum atomic E-state index is 11.9. The average molecular weight is 338 g/mol. The van der Waals surface area contributed by atoms with Crippen LogP contribution in [0.4, 0.5) is 16.3 Å². The first-order chi connectivity index (χ1) is 12.2. The third kappa shape index (κ3) is 4.57. The van der Waals surface area contributed by atoms with Crippen molar-refractivity contribution < 1.29 is 9.53 Å². The van der Waals surface area contributed by atoms with E-state index < -0.39 is 11.8 Å². The number of H-pyrrole nitrogens is 1. The molecule has 7 nitrogen and oxygen atoms in total. The molecule has 1 heterocycles.